The van der Waals surface area contributed by atoms with E-state index in [4.69, 9.17) is 0 Å². The Labute approximate surface area is 166 Å². The van der Waals surface area contributed by atoms with E-state index >= 15 is 0 Å². The Morgan fingerprint density at radius 2 is 1.87 bits per heavy atom. The van der Waals surface area contributed by atoms with Crippen LogP contribution in [0.5, 0.6) is 0 Å². The van der Waals surface area contributed by atoms with Gasteiger partial charge in [0.25, 0.3) is 5.56 Å². The first-order valence-corrected chi connectivity index (χ1v) is 8.88. The molecule has 2 aromatic carbocycles. The smallest absolute Gasteiger partial charge is 0.416 e. The number of hydrogen-bond donors (Lipinski definition) is 3. The molecule has 154 valence electrons. The number of aromatic amines is 1. The number of aromatic carboxylic acids is 1. The van der Waals surface area contributed by atoms with Gasteiger partial charge in [-0.1, -0.05) is 30.3 Å². The molecule has 7 nitrogen and oxygen atoms in total. The largest absolute Gasteiger partial charge is 0.476 e. The third-order valence-electron chi connectivity index (χ3n) is 4.66. The average Bonchev–Trinajstić information content (AvgIpc) is 3.08. The molecule has 0 aliphatic heterocycles. The molecule has 0 saturated heterocycles. The van der Waals surface area contributed by atoms with Crippen molar-refractivity contribution in [2.45, 2.75) is 19.3 Å². The van der Waals surface area contributed by atoms with E-state index in [9.17, 15) is 27.9 Å². The van der Waals surface area contributed by atoms with E-state index in [1.807, 2.05) is 30.3 Å². The minimum atomic E-state index is -4.58. The standard InChI is InChI=1S/C20H15F3N4O3/c21-20(22,23)12-6-7-14-13(8-12)25-18(28)17-26-16(19(29)30)15(27(14)17)10-24-9-11-4-2-1-3-5-11/h1-8,24H,9-10H2,(H,25,28)(H,29,30). The van der Waals surface area contributed by atoms with Crippen molar-refractivity contribution >= 4 is 22.6 Å². The Hall–Kier alpha value is -3.66. The van der Waals surface area contributed by atoms with Gasteiger partial charge in [-0.25, -0.2) is 9.78 Å². The normalized spacial score (nSPS) is 12.0. The van der Waals surface area contributed by atoms with Crippen molar-refractivity contribution in [3.05, 3.63) is 81.4 Å². The van der Waals surface area contributed by atoms with Gasteiger partial charge in [0.2, 0.25) is 5.65 Å². The van der Waals surface area contributed by atoms with Crippen molar-refractivity contribution in [2.75, 3.05) is 0 Å². The molecule has 3 N–H and O–H groups in total. The summed E-state index contributed by atoms with van der Waals surface area (Å²) in [5, 5.41) is 12.6. The molecule has 10 heteroatoms. The third-order valence-corrected chi connectivity index (χ3v) is 4.66. The maximum atomic E-state index is 13.0. The van der Waals surface area contributed by atoms with Gasteiger partial charge in [0.15, 0.2) is 5.69 Å². The van der Waals surface area contributed by atoms with Crippen molar-refractivity contribution in [1.82, 2.24) is 19.7 Å². The molecule has 0 fully saturated rings. The van der Waals surface area contributed by atoms with Gasteiger partial charge in [0.1, 0.15) is 0 Å². The van der Waals surface area contributed by atoms with Crippen LogP contribution in [0, 0.1) is 0 Å². The topological polar surface area (TPSA) is 99.5 Å². The number of carbonyl (C=O) groups is 1. The maximum absolute atomic E-state index is 13.0. The SMILES string of the molecule is O=C(O)c1nc2c(=O)[nH]c3cc(C(F)(F)F)ccc3n2c1CNCc1ccccc1. The number of carboxylic acids is 1. The summed E-state index contributed by atoms with van der Waals surface area (Å²) in [5.41, 5.74) is -0.962. The highest BCUT2D eigenvalue weighted by molar-refractivity contribution is 5.89. The van der Waals surface area contributed by atoms with E-state index in [1.54, 1.807) is 0 Å². The number of rotatable bonds is 5. The first kappa shape index (κ1) is 19.6. The molecule has 4 rings (SSSR count). The van der Waals surface area contributed by atoms with Crippen LogP contribution in [0.4, 0.5) is 13.2 Å². The number of fused-ring (bicyclic) bond motifs is 3. The van der Waals surface area contributed by atoms with Crippen LogP contribution in [0.25, 0.3) is 16.7 Å². The van der Waals surface area contributed by atoms with Crippen molar-refractivity contribution < 1.29 is 23.1 Å². The highest BCUT2D eigenvalue weighted by Gasteiger charge is 2.31. The molecule has 0 bridgehead atoms. The van der Waals surface area contributed by atoms with E-state index < -0.39 is 23.3 Å². The van der Waals surface area contributed by atoms with E-state index in [0.29, 0.717) is 6.54 Å². The van der Waals surface area contributed by atoms with Crippen LogP contribution >= 0.6 is 0 Å². The second-order valence-electron chi connectivity index (χ2n) is 6.64. The molecule has 0 aliphatic carbocycles. The van der Waals surface area contributed by atoms with Crippen molar-refractivity contribution in [1.29, 1.82) is 0 Å². The predicted molar refractivity (Wildman–Crippen MR) is 102 cm³/mol. The van der Waals surface area contributed by atoms with Gasteiger partial charge >= 0.3 is 12.1 Å². The summed E-state index contributed by atoms with van der Waals surface area (Å²) in [5.74, 6) is -1.34. The second-order valence-corrected chi connectivity index (χ2v) is 6.64. The predicted octanol–water partition coefficient (Wildman–Crippen LogP) is 3.18. The molecule has 0 atom stereocenters. The summed E-state index contributed by atoms with van der Waals surface area (Å²) >= 11 is 0. The number of carboxylic acid groups (broad SMARTS) is 1. The number of aromatic nitrogens is 3. The van der Waals surface area contributed by atoms with E-state index in [2.05, 4.69) is 15.3 Å². The summed E-state index contributed by atoms with van der Waals surface area (Å²) in [6, 6.07) is 12.2. The van der Waals surface area contributed by atoms with E-state index in [-0.39, 0.29) is 34.6 Å². The first-order chi connectivity index (χ1) is 14.3. The molecular formula is C20H15F3N4O3. The summed E-state index contributed by atoms with van der Waals surface area (Å²) in [6.45, 7) is 0.462. The molecule has 0 unspecified atom stereocenters. The van der Waals surface area contributed by atoms with Crippen LogP contribution < -0.4 is 10.9 Å². The van der Waals surface area contributed by atoms with Gasteiger partial charge in [-0.15, -0.1) is 0 Å². The van der Waals surface area contributed by atoms with Crippen LogP contribution in [0.3, 0.4) is 0 Å². The molecule has 0 aliphatic rings. The number of benzene rings is 2. The lowest BCUT2D eigenvalue weighted by molar-refractivity contribution is -0.137. The van der Waals surface area contributed by atoms with Gasteiger partial charge in [0, 0.05) is 13.1 Å². The van der Waals surface area contributed by atoms with Gasteiger partial charge in [-0.2, -0.15) is 13.2 Å². The molecular weight excluding hydrogens is 401 g/mol. The van der Waals surface area contributed by atoms with Crippen LogP contribution in [0.2, 0.25) is 0 Å². The molecule has 4 aromatic rings. The van der Waals surface area contributed by atoms with Crippen molar-refractivity contribution in [2.24, 2.45) is 0 Å². The minimum Gasteiger partial charge on any atom is -0.476 e. The van der Waals surface area contributed by atoms with Crippen LogP contribution in [0.1, 0.15) is 27.3 Å². The second kappa shape index (κ2) is 7.30. The highest BCUT2D eigenvalue weighted by atomic mass is 19.4. The number of halogens is 3. The van der Waals surface area contributed by atoms with Crippen molar-refractivity contribution in [3.8, 4) is 0 Å². The van der Waals surface area contributed by atoms with Crippen molar-refractivity contribution in [3.63, 3.8) is 0 Å². The highest BCUT2D eigenvalue weighted by Crippen LogP contribution is 2.31. The van der Waals surface area contributed by atoms with Crippen LogP contribution in [-0.2, 0) is 19.3 Å². The fourth-order valence-electron chi connectivity index (χ4n) is 3.31. The Morgan fingerprint density at radius 3 is 2.53 bits per heavy atom. The molecule has 0 spiro atoms. The molecule has 0 amide bonds. The fourth-order valence-corrected chi connectivity index (χ4v) is 3.31. The summed E-state index contributed by atoms with van der Waals surface area (Å²) in [4.78, 5) is 30.4. The quantitative estimate of drug-likeness (QED) is 0.464. The molecule has 2 heterocycles. The Bertz CT molecular complexity index is 1310. The number of nitrogens with one attached hydrogen (secondary N) is 2. The van der Waals surface area contributed by atoms with E-state index in [1.165, 1.54) is 10.5 Å². The Morgan fingerprint density at radius 1 is 1.13 bits per heavy atom. The molecule has 2 aromatic heterocycles. The summed E-state index contributed by atoms with van der Waals surface area (Å²) < 4.78 is 40.4. The van der Waals surface area contributed by atoms with Gasteiger partial charge in [-0.3, -0.25) is 9.20 Å². The van der Waals surface area contributed by atoms with Gasteiger partial charge in [-0.05, 0) is 23.8 Å². The maximum Gasteiger partial charge on any atom is 0.416 e. The zero-order valence-electron chi connectivity index (χ0n) is 15.3. The number of imidazole rings is 1. The fraction of sp³-hybridized carbons (Fsp3) is 0.150. The lowest BCUT2D eigenvalue weighted by Gasteiger charge is -2.11. The van der Waals surface area contributed by atoms with Gasteiger partial charge in [0.05, 0.1) is 22.3 Å². The molecule has 30 heavy (non-hydrogen) atoms. The Kier molecular flexibility index (Phi) is 4.78. The summed E-state index contributed by atoms with van der Waals surface area (Å²) in [7, 11) is 0. The summed E-state index contributed by atoms with van der Waals surface area (Å²) in [6.07, 6.45) is -4.58. The van der Waals surface area contributed by atoms with Gasteiger partial charge < -0.3 is 15.4 Å². The Balaban J connectivity index is 1.85. The number of hydrogen-bond acceptors (Lipinski definition) is 4. The zero-order chi connectivity index (χ0) is 21.5. The van der Waals surface area contributed by atoms with E-state index in [0.717, 1.165) is 17.7 Å². The number of alkyl halides is 3. The zero-order valence-corrected chi connectivity index (χ0v) is 15.3. The minimum absolute atomic E-state index is 0.0390. The molecule has 0 radical (unpaired) electrons. The van der Waals surface area contributed by atoms with Crippen LogP contribution in [0.15, 0.2) is 53.3 Å². The number of H-pyrrole nitrogens is 1. The van der Waals surface area contributed by atoms with Crippen LogP contribution in [-0.4, -0.2) is 25.4 Å². The first-order valence-electron chi connectivity index (χ1n) is 8.88. The third kappa shape index (κ3) is 3.52. The number of nitrogens with zero attached hydrogens (tertiary/aromatic N) is 2. The lowest BCUT2D eigenvalue weighted by Crippen LogP contribution is -2.18. The monoisotopic (exact) mass is 416 g/mol. The lowest BCUT2D eigenvalue weighted by atomic mass is 10.2. The molecule has 0 saturated carbocycles. The average molecular weight is 416 g/mol.